The van der Waals surface area contributed by atoms with Crippen molar-refractivity contribution in [1.29, 1.82) is 0 Å². The molecule has 1 aromatic carbocycles. The number of nitrogens with zero attached hydrogens (tertiary/aromatic N) is 1. The Labute approximate surface area is 89.9 Å². The first kappa shape index (κ1) is 9.48. The molecule has 14 heavy (non-hydrogen) atoms. The zero-order valence-electron chi connectivity index (χ0n) is 7.35. The molecule has 0 aliphatic carbocycles. The predicted molar refractivity (Wildman–Crippen MR) is 60.5 cm³/mol. The van der Waals surface area contributed by atoms with Crippen LogP contribution in [0, 0.1) is 17.0 Å². The third-order valence-corrected chi connectivity index (χ3v) is 3.55. The second-order valence-electron chi connectivity index (χ2n) is 2.98. The molecule has 0 saturated carbocycles. The fraction of sp³-hybridized carbons (Fsp3) is 0.111. The lowest BCUT2D eigenvalue weighted by Crippen LogP contribution is -1.91. The Kier molecular flexibility index (Phi) is 2.20. The highest BCUT2D eigenvalue weighted by molar-refractivity contribution is 7.80. The average molecular weight is 225 g/mol. The highest BCUT2D eigenvalue weighted by Crippen LogP contribution is 2.37. The maximum absolute atomic E-state index is 10.9. The van der Waals surface area contributed by atoms with E-state index in [2.05, 4.69) is 12.6 Å². The highest BCUT2D eigenvalue weighted by atomic mass is 32.1. The first-order chi connectivity index (χ1) is 6.61. The normalized spacial score (nSPS) is 10.7. The van der Waals surface area contributed by atoms with Gasteiger partial charge in [-0.2, -0.15) is 0 Å². The number of aryl methyl sites for hydroxylation is 1. The van der Waals surface area contributed by atoms with Crippen LogP contribution in [0.2, 0.25) is 0 Å². The summed E-state index contributed by atoms with van der Waals surface area (Å²) in [5.41, 5.74) is 0.852. The Bertz CT molecular complexity index is 519. The first-order valence-corrected chi connectivity index (χ1v) is 5.28. The summed E-state index contributed by atoms with van der Waals surface area (Å²) in [4.78, 5) is 11.2. The van der Waals surface area contributed by atoms with Gasteiger partial charge in [-0.15, -0.1) is 24.0 Å². The summed E-state index contributed by atoms with van der Waals surface area (Å²) in [6.45, 7) is 1.74. The summed E-state index contributed by atoms with van der Waals surface area (Å²) >= 11 is 5.69. The van der Waals surface area contributed by atoms with Crippen molar-refractivity contribution >= 4 is 39.7 Å². The van der Waals surface area contributed by atoms with E-state index >= 15 is 0 Å². The van der Waals surface area contributed by atoms with Gasteiger partial charge < -0.3 is 0 Å². The average Bonchev–Trinajstić information content (AvgIpc) is 2.47. The smallest absolute Gasteiger partial charge is 0.258 e. The summed E-state index contributed by atoms with van der Waals surface area (Å²) in [6, 6.07) is 3.66. The third-order valence-electron chi connectivity index (χ3n) is 2.08. The molecule has 3 nitrogen and oxygen atoms in total. The topological polar surface area (TPSA) is 43.1 Å². The van der Waals surface area contributed by atoms with Crippen molar-refractivity contribution < 1.29 is 4.92 Å². The Morgan fingerprint density at radius 3 is 2.86 bits per heavy atom. The monoisotopic (exact) mass is 225 g/mol. The molecule has 72 valence electrons. The Balaban J connectivity index is 2.94. The van der Waals surface area contributed by atoms with Crippen LogP contribution in [0.15, 0.2) is 22.4 Å². The number of hydrogen-bond acceptors (Lipinski definition) is 4. The van der Waals surface area contributed by atoms with Crippen LogP contribution in [0.3, 0.4) is 0 Å². The van der Waals surface area contributed by atoms with Gasteiger partial charge in [0.25, 0.3) is 5.69 Å². The molecule has 0 fully saturated rings. The number of nitro benzene ring substituents is 1. The van der Waals surface area contributed by atoms with Crippen LogP contribution in [-0.2, 0) is 0 Å². The van der Waals surface area contributed by atoms with Crippen LogP contribution in [0.5, 0.6) is 0 Å². The van der Waals surface area contributed by atoms with Gasteiger partial charge in [-0.05, 0) is 13.0 Å². The number of thiophene rings is 1. The number of hydrogen-bond donors (Lipinski definition) is 1. The van der Waals surface area contributed by atoms with Crippen LogP contribution in [0.1, 0.15) is 5.56 Å². The lowest BCUT2D eigenvalue weighted by molar-refractivity contribution is -0.383. The highest BCUT2D eigenvalue weighted by Gasteiger charge is 2.18. The molecule has 2 aromatic rings. The van der Waals surface area contributed by atoms with Gasteiger partial charge in [-0.25, -0.2) is 0 Å². The van der Waals surface area contributed by atoms with Gasteiger partial charge in [0.1, 0.15) is 0 Å². The summed E-state index contributed by atoms with van der Waals surface area (Å²) in [5, 5.41) is 13.3. The summed E-state index contributed by atoms with van der Waals surface area (Å²) in [6.07, 6.45) is 0. The second-order valence-corrected chi connectivity index (χ2v) is 4.38. The van der Waals surface area contributed by atoms with Crippen LogP contribution in [0.4, 0.5) is 5.69 Å². The number of thiol groups is 1. The van der Waals surface area contributed by atoms with Crippen molar-refractivity contribution in [3.8, 4) is 0 Å². The lowest BCUT2D eigenvalue weighted by Gasteiger charge is -1.98. The number of nitro groups is 1. The maximum Gasteiger partial charge on any atom is 0.282 e. The fourth-order valence-electron chi connectivity index (χ4n) is 1.44. The molecule has 0 aliphatic heterocycles. The van der Waals surface area contributed by atoms with Crippen molar-refractivity contribution in [2.24, 2.45) is 0 Å². The Morgan fingerprint density at radius 1 is 1.50 bits per heavy atom. The minimum Gasteiger partial charge on any atom is -0.258 e. The molecule has 0 aliphatic rings. The van der Waals surface area contributed by atoms with Crippen LogP contribution in [0.25, 0.3) is 10.1 Å². The van der Waals surface area contributed by atoms with E-state index in [0.29, 0.717) is 15.8 Å². The van der Waals surface area contributed by atoms with E-state index in [1.807, 2.05) is 11.4 Å². The number of fused-ring (bicyclic) bond motifs is 1. The number of rotatable bonds is 1. The molecule has 0 unspecified atom stereocenters. The van der Waals surface area contributed by atoms with Crippen LogP contribution in [-0.4, -0.2) is 4.92 Å². The molecular formula is C9H7NO2S2. The van der Waals surface area contributed by atoms with E-state index in [9.17, 15) is 10.1 Å². The van der Waals surface area contributed by atoms with Gasteiger partial charge in [0.05, 0.1) is 10.3 Å². The summed E-state index contributed by atoms with van der Waals surface area (Å²) in [7, 11) is 0. The van der Waals surface area contributed by atoms with E-state index < -0.39 is 0 Å². The van der Waals surface area contributed by atoms with Crippen molar-refractivity contribution in [1.82, 2.24) is 0 Å². The molecular weight excluding hydrogens is 218 g/mol. The summed E-state index contributed by atoms with van der Waals surface area (Å²) in [5.74, 6) is 0. The quantitative estimate of drug-likeness (QED) is 0.459. The van der Waals surface area contributed by atoms with Crippen molar-refractivity contribution in [2.45, 2.75) is 11.8 Å². The van der Waals surface area contributed by atoms with Crippen molar-refractivity contribution in [2.75, 3.05) is 0 Å². The Hall–Kier alpha value is -1.07. The van der Waals surface area contributed by atoms with Gasteiger partial charge in [-0.3, -0.25) is 10.1 Å². The molecule has 0 radical (unpaired) electrons. The molecule has 0 atom stereocenters. The minimum absolute atomic E-state index is 0.175. The molecule has 0 saturated heterocycles. The van der Waals surface area contributed by atoms with E-state index in [0.717, 1.165) is 4.70 Å². The van der Waals surface area contributed by atoms with Crippen LogP contribution < -0.4 is 0 Å². The van der Waals surface area contributed by atoms with E-state index in [-0.39, 0.29) is 10.6 Å². The lowest BCUT2D eigenvalue weighted by atomic mass is 10.1. The molecule has 1 aromatic heterocycles. The zero-order chi connectivity index (χ0) is 10.3. The van der Waals surface area contributed by atoms with Crippen LogP contribution >= 0.6 is 24.0 Å². The maximum atomic E-state index is 10.9. The predicted octanol–water partition coefficient (Wildman–Crippen LogP) is 3.41. The molecule has 2 rings (SSSR count). The molecule has 5 heteroatoms. The fourth-order valence-corrected chi connectivity index (χ4v) is 2.72. The molecule has 0 amide bonds. The minimum atomic E-state index is -0.343. The van der Waals surface area contributed by atoms with Gasteiger partial charge in [0.2, 0.25) is 0 Å². The molecule has 1 heterocycles. The molecule has 0 bridgehead atoms. The molecule has 0 spiro atoms. The Morgan fingerprint density at radius 2 is 2.21 bits per heavy atom. The largest absolute Gasteiger partial charge is 0.282 e. The molecule has 0 N–H and O–H groups in total. The van der Waals surface area contributed by atoms with Gasteiger partial charge in [-0.1, -0.05) is 6.07 Å². The van der Waals surface area contributed by atoms with Gasteiger partial charge in [0, 0.05) is 20.5 Å². The van der Waals surface area contributed by atoms with Crippen molar-refractivity contribution in [3.63, 3.8) is 0 Å². The third kappa shape index (κ3) is 1.29. The summed E-state index contributed by atoms with van der Waals surface area (Å²) < 4.78 is 0.910. The zero-order valence-corrected chi connectivity index (χ0v) is 9.06. The SMILES string of the molecule is Cc1ccc2scc(S)c2c1[N+](=O)[O-]. The number of benzene rings is 1. The van der Waals surface area contributed by atoms with Gasteiger partial charge in [0.15, 0.2) is 0 Å². The standard InChI is InChI=1S/C9H7NO2S2/c1-5-2-3-7-8(6(13)4-14-7)9(5)10(11)12/h2-4,13H,1H3. The second kappa shape index (κ2) is 3.25. The van der Waals surface area contributed by atoms with E-state index in [1.54, 1.807) is 13.0 Å². The van der Waals surface area contributed by atoms with E-state index in [4.69, 9.17) is 0 Å². The first-order valence-electron chi connectivity index (χ1n) is 3.95. The van der Waals surface area contributed by atoms with E-state index in [1.165, 1.54) is 11.3 Å². The van der Waals surface area contributed by atoms with Crippen molar-refractivity contribution in [3.05, 3.63) is 33.2 Å². The van der Waals surface area contributed by atoms with Gasteiger partial charge >= 0.3 is 0 Å².